The highest BCUT2D eigenvalue weighted by molar-refractivity contribution is 9.10. The standard InChI is InChI=1S/C14H18BrN3OS/c1-9(20(2)19)5-6-17-13-4-3-12(16)11-7-10(15)8-18-14(11)13/h3-4,7-9,17H,5-6,16H2,1-2H3. The zero-order valence-electron chi connectivity index (χ0n) is 11.5. The Labute approximate surface area is 129 Å². The van der Waals surface area contributed by atoms with Crippen LogP contribution in [0.15, 0.2) is 28.9 Å². The van der Waals surface area contributed by atoms with E-state index in [0.717, 1.165) is 34.0 Å². The minimum atomic E-state index is -0.784. The number of halogens is 1. The molecule has 4 nitrogen and oxygen atoms in total. The van der Waals surface area contributed by atoms with Crippen LogP contribution in [0.2, 0.25) is 0 Å². The van der Waals surface area contributed by atoms with Crippen molar-refractivity contribution in [1.82, 2.24) is 4.98 Å². The van der Waals surface area contributed by atoms with Crippen LogP contribution in [0.3, 0.4) is 0 Å². The normalized spacial score (nSPS) is 14.2. The molecule has 1 aromatic carbocycles. The third-order valence-corrected chi connectivity index (χ3v) is 5.09. The van der Waals surface area contributed by atoms with Crippen LogP contribution >= 0.6 is 15.9 Å². The predicted molar refractivity (Wildman–Crippen MR) is 90.5 cm³/mol. The van der Waals surface area contributed by atoms with Gasteiger partial charge in [0.1, 0.15) is 0 Å². The number of nitrogen functional groups attached to an aromatic ring is 1. The third kappa shape index (κ3) is 3.49. The summed E-state index contributed by atoms with van der Waals surface area (Å²) in [7, 11) is -0.784. The molecular weight excluding hydrogens is 338 g/mol. The van der Waals surface area contributed by atoms with Crippen LogP contribution in [0.25, 0.3) is 10.9 Å². The number of nitrogens with two attached hydrogens (primary N) is 1. The minimum Gasteiger partial charge on any atom is -0.398 e. The van der Waals surface area contributed by atoms with Gasteiger partial charge in [0, 0.05) is 50.6 Å². The Hall–Kier alpha value is -1.14. The van der Waals surface area contributed by atoms with E-state index in [1.54, 1.807) is 12.5 Å². The summed E-state index contributed by atoms with van der Waals surface area (Å²) in [6.07, 6.45) is 4.35. The van der Waals surface area contributed by atoms with Crippen molar-refractivity contribution in [2.45, 2.75) is 18.6 Å². The Morgan fingerprint density at radius 2 is 2.25 bits per heavy atom. The molecule has 20 heavy (non-hydrogen) atoms. The van der Waals surface area contributed by atoms with Crippen molar-refractivity contribution in [2.24, 2.45) is 0 Å². The third-order valence-electron chi connectivity index (χ3n) is 3.28. The van der Waals surface area contributed by atoms with Gasteiger partial charge in [-0.1, -0.05) is 6.92 Å². The zero-order chi connectivity index (χ0) is 14.7. The number of anilines is 2. The average Bonchev–Trinajstić information content (AvgIpc) is 2.41. The van der Waals surface area contributed by atoms with Crippen molar-refractivity contribution in [3.05, 3.63) is 28.9 Å². The molecule has 0 saturated carbocycles. The van der Waals surface area contributed by atoms with Crippen molar-refractivity contribution in [1.29, 1.82) is 0 Å². The Morgan fingerprint density at radius 1 is 1.50 bits per heavy atom. The van der Waals surface area contributed by atoms with E-state index in [9.17, 15) is 4.21 Å². The summed E-state index contributed by atoms with van der Waals surface area (Å²) in [5.74, 6) is 0. The van der Waals surface area contributed by atoms with Crippen LogP contribution in [-0.2, 0) is 10.8 Å². The van der Waals surface area contributed by atoms with Crippen molar-refractivity contribution < 1.29 is 4.21 Å². The molecule has 3 N–H and O–H groups in total. The van der Waals surface area contributed by atoms with E-state index in [1.165, 1.54) is 0 Å². The summed E-state index contributed by atoms with van der Waals surface area (Å²) in [5.41, 5.74) is 8.51. The number of hydrogen-bond acceptors (Lipinski definition) is 4. The molecule has 2 aromatic rings. The molecule has 0 aliphatic heterocycles. The number of nitrogens with one attached hydrogen (secondary N) is 1. The lowest BCUT2D eigenvalue weighted by atomic mass is 10.1. The Morgan fingerprint density at radius 3 is 2.95 bits per heavy atom. The first-order valence-corrected chi connectivity index (χ1v) is 8.80. The van der Waals surface area contributed by atoms with Gasteiger partial charge in [-0.05, 0) is 40.5 Å². The summed E-state index contributed by atoms with van der Waals surface area (Å²) in [6.45, 7) is 2.76. The highest BCUT2D eigenvalue weighted by Crippen LogP contribution is 2.28. The fraction of sp³-hybridized carbons (Fsp3) is 0.357. The number of benzene rings is 1. The first kappa shape index (κ1) is 15.3. The Bertz CT molecular complexity index is 648. The lowest BCUT2D eigenvalue weighted by Gasteiger charge is -2.13. The van der Waals surface area contributed by atoms with Gasteiger partial charge < -0.3 is 11.1 Å². The largest absolute Gasteiger partial charge is 0.398 e. The Kier molecular flexibility index (Phi) is 4.99. The number of pyridine rings is 1. The average molecular weight is 356 g/mol. The van der Waals surface area contributed by atoms with Crippen LogP contribution < -0.4 is 11.1 Å². The molecule has 0 aliphatic rings. The van der Waals surface area contributed by atoms with E-state index in [1.807, 2.05) is 25.1 Å². The maximum absolute atomic E-state index is 11.3. The van der Waals surface area contributed by atoms with Crippen LogP contribution in [-0.4, -0.2) is 27.2 Å². The summed E-state index contributed by atoms with van der Waals surface area (Å²) < 4.78 is 12.2. The maximum atomic E-state index is 11.3. The Balaban J connectivity index is 2.19. The van der Waals surface area contributed by atoms with Crippen LogP contribution in [0.5, 0.6) is 0 Å². The quantitative estimate of drug-likeness (QED) is 0.808. The topological polar surface area (TPSA) is 68.0 Å². The molecule has 108 valence electrons. The molecule has 2 unspecified atom stereocenters. The van der Waals surface area contributed by atoms with Gasteiger partial charge in [0.25, 0.3) is 0 Å². The number of hydrogen-bond donors (Lipinski definition) is 2. The second-order valence-electron chi connectivity index (χ2n) is 4.78. The summed E-state index contributed by atoms with van der Waals surface area (Å²) in [5, 5.41) is 4.46. The second-order valence-corrected chi connectivity index (χ2v) is 7.49. The van der Waals surface area contributed by atoms with Gasteiger partial charge in [-0.15, -0.1) is 0 Å². The lowest BCUT2D eigenvalue weighted by Crippen LogP contribution is -2.15. The van der Waals surface area contributed by atoms with E-state index in [4.69, 9.17) is 5.73 Å². The summed E-state index contributed by atoms with van der Waals surface area (Å²) >= 11 is 3.41. The van der Waals surface area contributed by atoms with Gasteiger partial charge in [-0.25, -0.2) is 0 Å². The predicted octanol–water partition coefficient (Wildman–Crippen LogP) is 3.15. The molecule has 0 radical (unpaired) electrons. The molecule has 0 amide bonds. The van der Waals surface area contributed by atoms with E-state index in [-0.39, 0.29) is 5.25 Å². The molecule has 0 spiro atoms. The zero-order valence-corrected chi connectivity index (χ0v) is 13.9. The van der Waals surface area contributed by atoms with E-state index in [2.05, 4.69) is 26.2 Å². The fourth-order valence-electron chi connectivity index (χ4n) is 1.93. The highest BCUT2D eigenvalue weighted by atomic mass is 79.9. The van der Waals surface area contributed by atoms with Crippen LogP contribution in [0.1, 0.15) is 13.3 Å². The van der Waals surface area contributed by atoms with Crippen molar-refractivity contribution in [3.8, 4) is 0 Å². The molecule has 2 atom stereocenters. The fourth-order valence-corrected chi connectivity index (χ4v) is 2.72. The smallest absolute Gasteiger partial charge is 0.0954 e. The molecule has 0 aliphatic carbocycles. The van der Waals surface area contributed by atoms with Gasteiger partial charge in [0.2, 0.25) is 0 Å². The van der Waals surface area contributed by atoms with Gasteiger partial charge in [-0.3, -0.25) is 9.19 Å². The number of rotatable bonds is 5. The second kappa shape index (κ2) is 6.54. The monoisotopic (exact) mass is 355 g/mol. The maximum Gasteiger partial charge on any atom is 0.0954 e. The first-order chi connectivity index (χ1) is 9.49. The first-order valence-electron chi connectivity index (χ1n) is 6.39. The molecule has 1 heterocycles. The van der Waals surface area contributed by atoms with Crippen molar-refractivity contribution >= 4 is 49.0 Å². The van der Waals surface area contributed by atoms with Gasteiger partial charge in [0.15, 0.2) is 0 Å². The van der Waals surface area contributed by atoms with Gasteiger partial charge in [-0.2, -0.15) is 0 Å². The minimum absolute atomic E-state index is 0.185. The van der Waals surface area contributed by atoms with Gasteiger partial charge >= 0.3 is 0 Å². The lowest BCUT2D eigenvalue weighted by molar-refractivity contribution is 0.672. The van der Waals surface area contributed by atoms with Crippen molar-refractivity contribution in [3.63, 3.8) is 0 Å². The molecule has 0 saturated heterocycles. The summed E-state index contributed by atoms with van der Waals surface area (Å²) in [6, 6.07) is 5.78. The van der Waals surface area contributed by atoms with E-state index in [0.29, 0.717) is 5.69 Å². The van der Waals surface area contributed by atoms with Crippen LogP contribution in [0.4, 0.5) is 11.4 Å². The van der Waals surface area contributed by atoms with Gasteiger partial charge in [0.05, 0.1) is 11.2 Å². The number of nitrogens with zero attached hydrogens (tertiary/aromatic N) is 1. The number of fused-ring (bicyclic) bond motifs is 1. The van der Waals surface area contributed by atoms with E-state index < -0.39 is 10.8 Å². The SMILES string of the molecule is CC(CCNc1ccc(N)c2cc(Br)cnc12)S(C)=O. The number of aromatic nitrogens is 1. The molecule has 1 aromatic heterocycles. The van der Waals surface area contributed by atoms with Crippen LogP contribution in [0, 0.1) is 0 Å². The molecule has 2 rings (SSSR count). The molecule has 6 heteroatoms. The summed E-state index contributed by atoms with van der Waals surface area (Å²) in [4.78, 5) is 4.43. The molecule has 0 fully saturated rings. The van der Waals surface area contributed by atoms with E-state index >= 15 is 0 Å². The molecule has 0 bridgehead atoms. The molecular formula is C14H18BrN3OS. The van der Waals surface area contributed by atoms with Crippen molar-refractivity contribution in [2.75, 3.05) is 23.9 Å². The highest BCUT2D eigenvalue weighted by Gasteiger charge is 2.08.